The largest absolute Gasteiger partial charge is 0.206 e. The van der Waals surface area contributed by atoms with Crippen molar-refractivity contribution in [2.24, 2.45) is 5.92 Å². The van der Waals surface area contributed by atoms with E-state index in [9.17, 15) is 8.78 Å². The Kier molecular flexibility index (Phi) is 8.48. The molecule has 0 radical (unpaired) electrons. The SMILES string of the molecule is CCCCCC1CCC(c2ccc(-c3ccc(CCc4ccc(F)c(F)c4)cc3)c(F)c2)CC1. The van der Waals surface area contributed by atoms with Crippen molar-refractivity contribution in [3.63, 3.8) is 0 Å². The van der Waals surface area contributed by atoms with Crippen LogP contribution in [0.3, 0.4) is 0 Å². The zero-order valence-corrected chi connectivity index (χ0v) is 20.1. The minimum atomic E-state index is -0.823. The number of hydrogen-bond acceptors (Lipinski definition) is 0. The molecule has 0 bridgehead atoms. The monoisotopic (exact) mass is 464 g/mol. The molecule has 0 amide bonds. The van der Waals surface area contributed by atoms with Gasteiger partial charge in [0.05, 0.1) is 0 Å². The zero-order valence-electron chi connectivity index (χ0n) is 20.1. The van der Waals surface area contributed by atoms with Gasteiger partial charge >= 0.3 is 0 Å². The first kappa shape index (κ1) is 24.6. The van der Waals surface area contributed by atoms with Gasteiger partial charge in [-0.3, -0.25) is 0 Å². The Morgan fingerprint density at radius 3 is 2.06 bits per heavy atom. The van der Waals surface area contributed by atoms with E-state index in [2.05, 4.69) is 13.0 Å². The van der Waals surface area contributed by atoms with E-state index < -0.39 is 11.6 Å². The Morgan fingerprint density at radius 1 is 0.676 bits per heavy atom. The molecular formula is C31H35F3. The molecule has 0 unspecified atom stereocenters. The first-order valence-electron chi connectivity index (χ1n) is 12.9. The quantitative estimate of drug-likeness (QED) is 0.277. The van der Waals surface area contributed by atoms with Gasteiger partial charge < -0.3 is 0 Å². The Balaban J connectivity index is 1.34. The van der Waals surface area contributed by atoms with Gasteiger partial charge in [-0.05, 0) is 90.8 Å². The first-order chi connectivity index (χ1) is 16.5. The molecule has 0 saturated heterocycles. The smallest absolute Gasteiger partial charge is 0.159 e. The second-order valence-corrected chi connectivity index (χ2v) is 9.90. The normalized spacial score (nSPS) is 18.2. The molecule has 0 spiro atoms. The lowest BCUT2D eigenvalue weighted by atomic mass is 9.77. The molecule has 1 saturated carbocycles. The lowest BCUT2D eigenvalue weighted by molar-refractivity contribution is 0.302. The van der Waals surface area contributed by atoms with Crippen LogP contribution in [0.1, 0.15) is 80.9 Å². The summed E-state index contributed by atoms with van der Waals surface area (Å²) in [5, 5.41) is 0. The Bertz CT molecular complexity index is 1060. The molecule has 3 aromatic carbocycles. The summed E-state index contributed by atoms with van der Waals surface area (Å²) in [6.07, 6.45) is 11.5. The van der Waals surface area contributed by atoms with E-state index >= 15 is 4.39 Å². The van der Waals surface area contributed by atoms with Crippen molar-refractivity contribution in [3.8, 4) is 11.1 Å². The van der Waals surface area contributed by atoms with Gasteiger partial charge in [0.2, 0.25) is 0 Å². The minimum absolute atomic E-state index is 0.155. The maximum atomic E-state index is 15.0. The van der Waals surface area contributed by atoms with Crippen molar-refractivity contribution < 1.29 is 13.2 Å². The third-order valence-electron chi connectivity index (χ3n) is 7.48. The molecule has 1 fully saturated rings. The van der Waals surface area contributed by atoms with Gasteiger partial charge in [0.15, 0.2) is 11.6 Å². The van der Waals surface area contributed by atoms with Gasteiger partial charge in [0.1, 0.15) is 5.82 Å². The van der Waals surface area contributed by atoms with Crippen molar-refractivity contribution in [1.29, 1.82) is 0 Å². The molecule has 0 atom stereocenters. The van der Waals surface area contributed by atoms with Crippen molar-refractivity contribution in [2.45, 2.75) is 77.0 Å². The second-order valence-electron chi connectivity index (χ2n) is 9.90. The van der Waals surface area contributed by atoms with Crippen LogP contribution >= 0.6 is 0 Å². The number of halogens is 3. The van der Waals surface area contributed by atoms with Gasteiger partial charge in [0, 0.05) is 5.56 Å². The molecule has 3 heteroatoms. The van der Waals surface area contributed by atoms with Crippen LogP contribution in [-0.4, -0.2) is 0 Å². The molecule has 180 valence electrons. The van der Waals surface area contributed by atoms with Crippen LogP contribution in [0.25, 0.3) is 11.1 Å². The van der Waals surface area contributed by atoms with E-state index in [0.29, 0.717) is 24.3 Å². The highest BCUT2D eigenvalue weighted by atomic mass is 19.2. The molecule has 1 aliphatic rings. The first-order valence-corrected chi connectivity index (χ1v) is 12.9. The standard InChI is InChI=1S/C31H35F3/c1-2-3-4-5-22-8-13-25(14-9-22)27-17-18-28(30(33)21-27)26-15-10-23(11-16-26)6-7-24-12-19-29(32)31(34)20-24/h10-12,15-22,25H,2-9,13-14H2,1H3. The van der Waals surface area contributed by atoms with Gasteiger partial charge in [-0.25, -0.2) is 13.2 Å². The molecule has 4 rings (SSSR count). The molecule has 0 aromatic heterocycles. The van der Waals surface area contributed by atoms with E-state index in [1.165, 1.54) is 63.5 Å². The summed E-state index contributed by atoms with van der Waals surface area (Å²) < 4.78 is 41.5. The van der Waals surface area contributed by atoms with E-state index in [4.69, 9.17) is 0 Å². The van der Waals surface area contributed by atoms with Gasteiger partial charge in [-0.1, -0.05) is 75.1 Å². The third kappa shape index (κ3) is 6.31. The highest BCUT2D eigenvalue weighted by molar-refractivity contribution is 5.65. The van der Waals surface area contributed by atoms with Crippen LogP contribution < -0.4 is 0 Å². The van der Waals surface area contributed by atoms with Gasteiger partial charge in [-0.2, -0.15) is 0 Å². The van der Waals surface area contributed by atoms with Crippen LogP contribution in [0.5, 0.6) is 0 Å². The van der Waals surface area contributed by atoms with E-state index in [1.807, 2.05) is 30.3 Å². The summed E-state index contributed by atoms with van der Waals surface area (Å²) in [5.74, 6) is -0.461. The number of hydrogen-bond donors (Lipinski definition) is 0. The number of benzene rings is 3. The number of unbranched alkanes of at least 4 members (excludes halogenated alkanes) is 2. The lowest BCUT2D eigenvalue weighted by Gasteiger charge is -2.29. The van der Waals surface area contributed by atoms with E-state index in [1.54, 1.807) is 12.1 Å². The molecule has 3 aromatic rings. The summed E-state index contributed by atoms with van der Waals surface area (Å²) in [5.41, 5.74) is 4.47. The molecular weight excluding hydrogens is 429 g/mol. The highest BCUT2D eigenvalue weighted by Crippen LogP contribution is 2.39. The molecule has 0 N–H and O–H groups in total. The third-order valence-corrected chi connectivity index (χ3v) is 7.48. The highest BCUT2D eigenvalue weighted by Gasteiger charge is 2.23. The lowest BCUT2D eigenvalue weighted by Crippen LogP contribution is -2.13. The summed E-state index contributed by atoms with van der Waals surface area (Å²) in [6.45, 7) is 2.25. The molecule has 34 heavy (non-hydrogen) atoms. The number of rotatable bonds is 9. The fourth-order valence-corrected chi connectivity index (χ4v) is 5.32. The molecule has 1 aliphatic carbocycles. The molecule has 0 nitrogen and oxygen atoms in total. The van der Waals surface area contributed by atoms with Crippen LogP contribution in [0, 0.1) is 23.4 Å². The Hall–Kier alpha value is -2.55. The van der Waals surface area contributed by atoms with E-state index in [-0.39, 0.29) is 5.82 Å². The predicted octanol–water partition coefficient (Wildman–Crippen LogP) is 9.41. The van der Waals surface area contributed by atoms with Crippen molar-refractivity contribution in [3.05, 3.63) is 94.8 Å². The van der Waals surface area contributed by atoms with Crippen molar-refractivity contribution in [2.75, 3.05) is 0 Å². The van der Waals surface area contributed by atoms with Crippen LogP contribution in [0.2, 0.25) is 0 Å². The summed E-state index contributed by atoms with van der Waals surface area (Å²) >= 11 is 0. The second kappa shape index (κ2) is 11.7. The minimum Gasteiger partial charge on any atom is -0.206 e. The predicted molar refractivity (Wildman–Crippen MR) is 134 cm³/mol. The van der Waals surface area contributed by atoms with E-state index in [0.717, 1.165) is 28.2 Å². The summed E-state index contributed by atoms with van der Waals surface area (Å²) in [7, 11) is 0. The van der Waals surface area contributed by atoms with Gasteiger partial charge in [0.25, 0.3) is 0 Å². The fourth-order valence-electron chi connectivity index (χ4n) is 5.32. The van der Waals surface area contributed by atoms with Crippen molar-refractivity contribution in [1.82, 2.24) is 0 Å². The average Bonchev–Trinajstić information content (AvgIpc) is 2.86. The van der Waals surface area contributed by atoms with Crippen molar-refractivity contribution >= 4 is 0 Å². The maximum absolute atomic E-state index is 15.0. The van der Waals surface area contributed by atoms with Crippen LogP contribution in [0.15, 0.2) is 60.7 Å². The van der Waals surface area contributed by atoms with Crippen LogP contribution in [-0.2, 0) is 12.8 Å². The summed E-state index contributed by atoms with van der Waals surface area (Å²) in [6, 6.07) is 17.7. The average molecular weight is 465 g/mol. The molecule has 0 aliphatic heterocycles. The van der Waals surface area contributed by atoms with Crippen LogP contribution in [0.4, 0.5) is 13.2 Å². The zero-order chi connectivity index (χ0) is 23.9. The maximum Gasteiger partial charge on any atom is 0.159 e. The van der Waals surface area contributed by atoms with Gasteiger partial charge in [-0.15, -0.1) is 0 Å². The topological polar surface area (TPSA) is 0 Å². The number of aryl methyl sites for hydroxylation is 2. The summed E-state index contributed by atoms with van der Waals surface area (Å²) in [4.78, 5) is 0. The Morgan fingerprint density at radius 2 is 1.38 bits per heavy atom. The fraction of sp³-hybridized carbons (Fsp3) is 0.419. The molecule has 0 heterocycles. The Labute approximate surface area is 202 Å².